The van der Waals surface area contributed by atoms with Crippen molar-refractivity contribution < 1.29 is 24.2 Å². The van der Waals surface area contributed by atoms with Gasteiger partial charge in [-0.15, -0.1) is 0 Å². The van der Waals surface area contributed by atoms with Gasteiger partial charge in [-0.25, -0.2) is 0 Å². The summed E-state index contributed by atoms with van der Waals surface area (Å²) in [5.41, 5.74) is 1.30. The van der Waals surface area contributed by atoms with Crippen molar-refractivity contribution in [2.24, 2.45) is 0 Å². The van der Waals surface area contributed by atoms with Crippen molar-refractivity contribution in [3.05, 3.63) is 48.0 Å². The summed E-state index contributed by atoms with van der Waals surface area (Å²) in [6.45, 7) is 1.39. The van der Waals surface area contributed by atoms with Crippen LogP contribution in [0.2, 0.25) is 0 Å². The van der Waals surface area contributed by atoms with E-state index >= 15 is 0 Å². The fourth-order valence-corrected chi connectivity index (χ4v) is 2.03. The Kier molecular flexibility index (Phi) is 6.22. The number of carbonyl (C=O) groups is 2. The van der Waals surface area contributed by atoms with E-state index in [1.54, 1.807) is 44.4 Å². The highest BCUT2D eigenvalue weighted by molar-refractivity contribution is 5.95. The first-order chi connectivity index (χ1) is 12.0. The molecule has 0 aliphatic carbocycles. The number of hydrogen-bond donors (Lipinski definition) is 3. The van der Waals surface area contributed by atoms with Gasteiger partial charge in [0, 0.05) is 5.69 Å². The van der Waals surface area contributed by atoms with Crippen molar-refractivity contribution in [3.63, 3.8) is 0 Å². The van der Waals surface area contributed by atoms with Crippen LogP contribution in [0.3, 0.4) is 0 Å². The van der Waals surface area contributed by atoms with E-state index in [1.807, 2.05) is 0 Å². The fraction of sp³-hybridized carbons (Fsp3) is 0.222. The van der Waals surface area contributed by atoms with Crippen LogP contribution in [0.4, 0.5) is 5.69 Å². The number of rotatable bonds is 7. The molecule has 0 aliphatic rings. The highest BCUT2D eigenvalue weighted by Crippen LogP contribution is 2.20. The van der Waals surface area contributed by atoms with E-state index in [1.165, 1.54) is 12.1 Å². The minimum atomic E-state index is -0.409. The summed E-state index contributed by atoms with van der Waals surface area (Å²) >= 11 is 0. The van der Waals surface area contributed by atoms with Crippen LogP contribution in [0, 0.1) is 6.92 Å². The molecule has 0 saturated carbocycles. The summed E-state index contributed by atoms with van der Waals surface area (Å²) < 4.78 is 10.4. The Hall–Kier alpha value is -3.22. The molecule has 0 unspecified atom stereocenters. The average Bonchev–Trinajstić information content (AvgIpc) is 2.61. The lowest BCUT2D eigenvalue weighted by Gasteiger charge is -2.10. The molecule has 0 spiro atoms. The molecule has 7 heteroatoms. The maximum atomic E-state index is 11.9. The molecule has 3 N–H and O–H groups in total. The predicted octanol–water partition coefficient (Wildman–Crippen LogP) is 1.84. The van der Waals surface area contributed by atoms with E-state index in [0.29, 0.717) is 17.2 Å². The molecular formula is C18H20N2O5. The van der Waals surface area contributed by atoms with Crippen LogP contribution in [0.1, 0.15) is 5.56 Å². The third-order valence-corrected chi connectivity index (χ3v) is 3.36. The molecule has 132 valence electrons. The normalized spacial score (nSPS) is 10.0. The Morgan fingerprint density at radius 1 is 1.04 bits per heavy atom. The van der Waals surface area contributed by atoms with Gasteiger partial charge in [0.1, 0.15) is 17.2 Å². The molecule has 2 rings (SSSR count). The SMILES string of the molecule is COc1ccc(OCC(=O)NCC(=O)Nc2ccc(O)cc2C)cc1. The molecule has 0 atom stereocenters. The van der Waals surface area contributed by atoms with Gasteiger partial charge < -0.3 is 25.2 Å². The Bertz CT molecular complexity index is 744. The van der Waals surface area contributed by atoms with Crippen molar-refractivity contribution in [2.75, 3.05) is 25.6 Å². The number of nitrogens with one attached hydrogen (secondary N) is 2. The molecule has 2 amide bonds. The molecule has 0 aromatic heterocycles. The Morgan fingerprint density at radius 2 is 1.72 bits per heavy atom. The molecule has 2 aromatic rings. The van der Waals surface area contributed by atoms with Gasteiger partial charge in [0.25, 0.3) is 5.91 Å². The number of phenols is 1. The Morgan fingerprint density at radius 3 is 2.36 bits per heavy atom. The van der Waals surface area contributed by atoms with Crippen molar-refractivity contribution in [2.45, 2.75) is 6.92 Å². The maximum absolute atomic E-state index is 11.9. The fourth-order valence-electron chi connectivity index (χ4n) is 2.03. The first-order valence-electron chi connectivity index (χ1n) is 7.61. The lowest BCUT2D eigenvalue weighted by Crippen LogP contribution is -2.35. The third-order valence-electron chi connectivity index (χ3n) is 3.36. The summed E-state index contributed by atoms with van der Waals surface area (Å²) in [4.78, 5) is 23.6. The first-order valence-corrected chi connectivity index (χ1v) is 7.61. The zero-order valence-electron chi connectivity index (χ0n) is 14.0. The number of hydrogen-bond acceptors (Lipinski definition) is 5. The average molecular weight is 344 g/mol. The van der Waals surface area contributed by atoms with Gasteiger partial charge in [0.15, 0.2) is 6.61 Å². The summed E-state index contributed by atoms with van der Waals surface area (Å²) in [6.07, 6.45) is 0. The number of benzene rings is 2. The van der Waals surface area contributed by atoms with Gasteiger partial charge in [0.05, 0.1) is 13.7 Å². The summed E-state index contributed by atoms with van der Waals surface area (Å²) in [5.74, 6) is 0.567. The van der Waals surface area contributed by atoms with E-state index in [-0.39, 0.29) is 24.8 Å². The number of carbonyl (C=O) groups excluding carboxylic acids is 2. The molecular weight excluding hydrogens is 324 g/mol. The highest BCUT2D eigenvalue weighted by Gasteiger charge is 2.08. The Labute approximate surface area is 145 Å². The quantitative estimate of drug-likeness (QED) is 0.666. The van der Waals surface area contributed by atoms with Crippen LogP contribution < -0.4 is 20.1 Å². The van der Waals surface area contributed by atoms with Crippen LogP contribution in [0.15, 0.2) is 42.5 Å². The zero-order valence-corrected chi connectivity index (χ0v) is 14.0. The minimum Gasteiger partial charge on any atom is -0.508 e. The number of aromatic hydroxyl groups is 1. The van der Waals surface area contributed by atoms with Crippen LogP contribution >= 0.6 is 0 Å². The number of phenolic OH excluding ortho intramolecular Hbond substituents is 1. The van der Waals surface area contributed by atoms with Gasteiger partial charge >= 0.3 is 0 Å². The zero-order chi connectivity index (χ0) is 18.2. The highest BCUT2D eigenvalue weighted by atomic mass is 16.5. The van der Waals surface area contributed by atoms with E-state index in [0.717, 1.165) is 5.56 Å². The van der Waals surface area contributed by atoms with Gasteiger partial charge in [-0.3, -0.25) is 9.59 Å². The van der Waals surface area contributed by atoms with Gasteiger partial charge in [-0.05, 0) is 55.0 Å². The monoisotopic (exact) mass is 344 g/mol. The molecule has 25 heavy (non-hydrogen) atoms. The molecule has 0 heterocycles. The molecule has 0 saturated heterocycles. The number of ether oxygens (including phenoxy) is 2. The Balaban J connectivity index is 1.74. The minimum absolute atomic E-state index is 0.125. The predicted molar refractivity (Wildman–Crippen MR) is 93.0 cm³/mol. The largest absolute Gasteiger partial charge is 0.508 e. The topological polar surface area (TPSA) is 96.9 Å². The van der Waals surface area contributed by atoms with Crippen LogP contribution in [-0.2, 0) is 9.59 Å². The lowest BCUT2D eigenvalue weighted by molar-refractivity contribution is -0.125. The van der Waals surface area contributed by atoms with E-state index in [9.17, 15) is 14.7 Å². The van der Waals surface area contributed by atoms with E-state index in [2.05, 4.69) is 10.6 Å². The van der Waals surface area contributed by atoms with Crippen LogP contribution in [0.25, 0.3) is 0 Å². The smallest absolute Gasteiger partial charge is 0.258 e. The van der Waals surface area contributed by atoms with E-state index in [4.69, 9.17) is 9.47 Å². The summed E-state index contributed by atoms with van der Waals surface area (Å²) in [5, 5.41) is 14.5. The lowest BCUT2D eigenvalue weighted by atomic mass is 10.2. The molecule has 0 aliphatic heterocycles. The van der Waals surface area contributed by atoms with E-state index < -0.39 is 5.91 Å². The van der Waals surface area contributed by atoms with Crippen LogP contribution in [0.5, 0.6) is 17.2 Å². The second-order valence-corrected chi connectivity index (χ2v) is 5.29. The first kappa shape index (κ1) is 18.1. The number of anilines is 1. The number of aryl methyl sites for hydroxylation is 1. The number of methoxy groups -OCH3 is 1. The second kappa shape index (κ2) is 8.58. The molecule has 0 radical (unpaired) electrons. The third kappa shape index (κ3) is 5.72. The molecule has 0 bridgehead atoms. The van der Waals surface area contributed by atoms with Crippen LogP contribution in [-0.4, -0.2) is 37.2 Å². The second-order valence-electron chi connectivity index (χ2n) is 5.29. The molecule has 0 fully saturated rings. The molecule has 2 aromatic carbocycles. The van der Waals surface area contributed by atoms with Gasteiger partial charge in [-0.1, -0.05) is 0 Å². The summed E-state index contributed by atoms with van der Waals surface area (Å²) in [7, 11) is 1.56. The molecule has 7 nitrogen and oxygen atoms in total. The maximum Gasteiger partial charge on any atom is 0.258 e. The number of amides is 2. The van der Waals surface area contributed by atoms with Gasteiger partial charge in [-0.2, -0.15) is 0 Å². The van der Waals surface area contributed by atoms with Crippen molar-refractivity contribution in [1.82, 2.24) is 5.32 Å². The summed E-state index contributed by atoms with van der Waals surface area (Å²) in [6, 6.07) is 11.4. The van der Waals surface area contributed by atoms with Gasteiger partial charge in [0.2, 0.25) is 5.91 Å². The van der Waals surface area contributed by atoms with Crippen molar-refractivity contribution in [3.8, 4) is 17.2 Å². The van der Waals surface area contributed by atoms with Crippen molar-refractivity contribution >= 4 is 17.5 Å². The van der Waals surface area contributed by atoms with Crippen molar-refractivity contribution in [1.29, 1.82) is 0 Å². The standard InChI is InChI=1S/C18H20N2O5/c1-12-9-13(21)3-8-16(12)20-17(22)10-19-18(23)11-25-15-6-4-14(24-2)5-7-15/h3-9,21H,10-11H2,1-2H3,(H,19,23)(H,20,22).